The fourth-order valence-electron chi connectivity index (χ4n) is 11.9. The van der Waals surface area contributed by atoms with E-state index >= 15 is 19.2 Å². The third kappa shape index (κ3) is 9.68. The number of benzene rings is 8. The van der Waals surface area contributed by atoms with Gasteiger partial charge in [-0.3, -0.25) is 28.8 Å². The van der Waals surface area contributed by atoms with Crippen LogP contribution in [0, 0.1) is 45.3 Å². The number of rotatable bonds is 14. The molecular weight excluding hydrogens is 1160 g/mol. The highest BCUT2D eigenvalue weighted by Crippen LogP contribution is 2.53. The first-order chi connectivity index (χ1) is 44.4. The minimum atomic E-state index is -2.65. The number of fused-ring (bicyclic) bond motifs is 7. The lowest BCUT2D eigenvalue weighted by Gasteiger charge is -2.28. The number of thiophene rings is 1. The van der Waals surface area contributed by atoms with E-state index in [1.54, 1.807) is 182 Å². The lowest BCUT2D eigenvalue weighted by molar-refractivity contribution is -0.166. The van der Waals surface area contributed by atoms with E-state index in [4.69, 9.17) is 28.9 Å². The number of hydrogen-bond donors (Lipinski definition) is 0. The molecule has 4 aliphatic rings. The van der Waals surface area contributed by atoms with Crippen LogP contribution in [0.2, 0.25) is 0 Å². The number of carbonyl (C=O) groups excluding carboxylic acids is 6. The first-order valence-corrected chi connectivity index (χ1v) is 29.1. The molecule has 9 aromatic rings. The smallest absolute Gasteiger partial charge is 0.334 e. The fourth-order valence-corrected chi connectivity index (χ4v) is 13.1. The highest BCUT2D eigenvalue weighted by molar-refractivity contribution is 7.25. The summed E-state index contributed by atoms with van der Waals surface area (Å²) in [6, 6.07) is 61.7. The summed E-state index contributed by atoms with van der Waals surface area (Å²) < 4.78 is 25.8. The Hall–Kier alpha value is -12.5. The van der Waals surface area contributed by atoms with Gasteiger partial charge in [-0.1, -0.05) is 170 Å². The Kier molecular flexibility index (Phi) is 14.9. The van der Waals surface area contributed by atoms with Crippen molar-refractivity contribution in [1.82, 2.24) is 0 Å². The van der Waals surface area contributed by atoms with Crippen molar-refractivity contribution in [2.45, 2.75) is 37.3 Å². The van der Waals surface area contributed by atoms with Crippen LogP contribution in [0.15, 0.2) is 227 Å². The van der Waals surface area contributed by atoms with Crippen molar-refractivity contribution in [3.63, 3.8) is 0 Å². The topological polar surface area (TPSA) is 259 Å². The van der Waals surface area contributed by atoms with E-state index in [0.717, 1.165) is 0 Å². The van der Waals surface area contributed by atoms with Gasteiger partial charge in [0.05, 0.1) is 11.4 Å². The first-order valence-electron chi connectivity index (χ1n) is 28.3. The van der Waals surface area contributed by atoms with Crippen molar-refractivity contribution < 1.29 is 47.7 Å². The van der Waals surface area contributed by atoms with Crippen LogP contribution in [0.1, 0.15) is 76.4 Å². The maximum Gasteiger partial charge on any atom is 0.334 e. The molecule has 0 saturated heterocycles. The van der Waals surface area contributed by atoms with Gasteiger partial charge < -0.3 is 18.9 Å². The summed E-state index contributed by atoms with van der Waals surface area (Å²) in [6.45, 7) is -1.35. The summed E-state index contributed by atoms with van der Waals surface area (Å²) in [5.74, 6) is -5.99. The van der Waals surface area contributed by atoms with Gasteiger partial charge in [-0.2, -0.15) is 21.0 Å². The van der Waals surface area contributed by atoms with Crippen molar-refractivity contribution in [2.75, 3.05) is 0 Å². The average Bonchev–Trinajstić information content (AvgIpc) is 1.56. The van der Waals surface area contributed by atoms with E-state index in [1.807, 2.05) is 24.3 Å². The molecule has 0 radical (unpaired) electrons. The SMILES string of the molecule is N#CC(C#N)=C1/C(=N/C2=Cc3cc4sc5cc6c(cc5c4cc3C2(C(=O)OCc2ccccc2)C(=O)OCc2ccccc2)C(C(=O)OCc2ccccc2)(C(=O)OCc2ccccc2)C(/N=C2\C(=O)c3ccccc3C2=C(C#N)C#N)=C6)C(=O)c2ccccc21. The Morgan fingerprint density at radius 1 is 0.396 bits per heavy atom. The van der Waals surface area contributed by atoms with Crippen LogP contribution in [-0.2, 0) is 75.4 Å². The summed E-state index contributed by atoms with van der Waals surface area (Å²) in [4.78, 5) is 102. The van der Waals surface area contributed by atoms with Crippen LogP contribution in [0.4, 0.5) is 0 Å². The summed E-state index contributed by atoms with van der Waals surface area (Å²) in [7, 11) is 0. The molecule has 0 unspecified atom stereocenters. The van der Waals surface area contributed by atoms with Gasteiger partial charge in [0.15, 0.2) is 0 Å². The molecule has 0 saturated carbocycles. The van der Waals surface area contributed by atoms with Crippen LogP contribution in [-0.4, -0.2) is 46.9 Å². The molecule has 91 heavy (non-hydrogen) atoms. The third-order valence-electron chi connectivity index (χ3n) is 16.2. The number of nitriles is 4. The molecule has 8 aromatic carbocycles. The van der Waals surface area contributed by atoms with Gasteiger partial charge in [-0.05, 0) is 92.1 Å². The van der Waals surface area contributed by atoms with Crippen molar-refractivity contribution in [1.29, 1.82) is 21.0 Å². The van der Waals surface area contributed by atoms with Crippen LogP contribution >= 0.6 is 11.3 Å². The number of esters is 4. The standard InChI is InChI=1S/C74H42N6O10S/c75-35-49(36-76)63-51-25-13-15-27-53(51)67(81)65(63)79-61-31-47-29-59-55(33-57(47)73(61,69(83)87-39-43-17-5-1-6-18-43)70(84)88-40-44-19-7-2-8-20-44)56-34-58-48(30-60(56)91-59)32-62(80-66-64(50(37-77)38-78)52-26-14-16-28-54(52)68(66)82)74(58,71(85)89-41-45-21-9-3-10-22-45)72(86)90-42-46-23-11-4-12-24-46/h1-34H,39-42H2/b79-65-,80-66-. The monoisotopic (exact) mass is 1210 g/mol. The number of aliphatic imine (C=N–C) groups is 2. The van der Waals surface area contributed by atoms with Crippen LogP contribution in [0.3, 0.4) is 0 Å². The molecule has 1 heterocycles. The summed E-state index contributed by atoms with van der Waals surface area (Å²) in [5.41, 5.74) is -4.35. The van der Waals surface area contributed by atoms with E-state index in [0.29, 0.717) is 42.4 Å². The highest BCUT2D eigenvalue weighted by Gasteiger charge is 2.61. The third-order valence-corrected chi connectivity index (χ3v) is 17.4. The zero-order chi connectivity index (χ0) is 63.0. The Morgan fingerprint density at radius 2 is 0.681 bits per heavy atom. The van der Waals surface area contributed by atoms with Crippen molar-refractivity contribution >= 4 is 102 Å². The molecule has 13 rings (SSSR count). The molecule has 434 valence electrons. The maximum absolute atomic E-state index is 15.8. The van der Waals surface area contributed by atoms with Crippen LogP contribution in [0.25, 0.3) is 43.5 Å². The average molecular weight is 1210 g/mol. The van der Waals surface area contributed by atoms with Gasteiger partial charge in [0.1, 0.15) is 73.3 Å². The zero-order valence-electron chi connectivity index (χ0n) is 47.6. The molecule has 16 nitrogen and oxygen atoms in total. The molecule has 0 N–H and O–H groups in total. The van der Waals surface area contributed by atoms with Gasteiger partial charge in [0.25, 0.3) is 0 Å². The van der Waals surface area contributed by atoms with Gasteiger partial charge in [0, 0.05) is 42.4 Å². The Balaban J connectivity index is 1.05. The van der Waals surface area contributed by atoms with E-state index in [2.05, 4.69) is 0 Å². The number of ketones is 2. The minimum Gasteiger partial charge on any atom is -0.459 e. The molecule has 0 aliphatic heterocycles. The van der Waals surface area contributed by atoms with Crippen LogP contribution in [0.5, 0.6) is 0 Å². The van der Waals surface area contributed by atoms with Gasteiger partial charge in [-0.15, -0.1) is 11.3 Å². The van der Waals surface area contributed by atoms with Crippen LogP contribution < -0.4 is 0 Å². The predicted molar refractivity (Wildman–Crippen MR) is 336 cm³/mol. The van der Waals surface area contributed by atoms with Gasteiger partial charge in [-0.25, -0.2) is 9.98 Å². The number of allylic oxidation sites excluding steroid dienone is 4. The predicted octanol–water partition coefficient (Wildman–Crippen LogP) is 12.5. The minimum absolute atomic E-state index is 0.00427. The molecule has 0 bridgehead atoms. The summed E-state index contributed by atoms with van der Waals surface area (Å²) in [6.07, 6.45) is 2.93. The van der Waals surface area contributed by atoms with E-state index in [9.17, 15) is 30.6 Å². The van der Waals surface area contributed by atoms with Gasteiger partial charge in [0.2, 0.25) is 22.4 Å². The van der Waals surface area contributed by atoms with Gasteiger partial charge >= 0.3 is 23.9 Å². The molecule has 1 aromatic heterocycles. The zero-order valence-corrected chi connectivity index (χ0v) is 48.4. The molecule has 0 atom stereocenters. The Morgan fingerprint density at radius 3 is 0.978 bits per heavy atom. The Bertz CT molecular complexity index is 4590. The van der Waals surface area contributed by atoms with E-state index in [1.165, 1.54) is 35.6 Å². The largest absolute Gasteiger partial charge is 0.459 e. The number of Topliss-reactive ketones (excluding diaryl/α,β-unsaturated/α-hetero) is 2. The molecule has 0 fully saturated rings. The second-order valence-corrected chi connectivity index (χ2v) is 22.5. The first kappa shape index (κ1) is 57.5. The van der Waals surface area contributed by atoms with Crippen molar-refractivity contribution in [2.24, 2.45) is 9.98 Å². The molecule has 0 spiro atoms. The highest BCUT2D eigenvalue weighted by atomic mass is 32.1. The fraction of sp³-hybridized carbons (Fsp3) is 0.0811. The molecule has 0 amide bonds. The van der Waals surface area contributed by atoms with E-state index < -0.39 is 57.4 Å². The summed E-state index contributed by atoms with van der Waals surface area (Å²) >= 11 is 1.27. The quantitative estimate of drug-likeness (QED) is 0.0424. The summed E-state index contributed by atoms with van der Waals surface area (Å²) in [5, 5.41) is 42.1. The Labute approximate surface area is 522 Å². The molecule has 4 aliphatic carbocycles. The number of ether oxygens (including phenoxy) is 4. The van der Waals surface area contributed by atoms with E-state index in [-0.39, 0.29) is 105 Å². The second kappa shape index (κ2) is 23.6. The van der Waals surface area contributed by atoms with Crippen molar-refractivity contribution in [3.05, 3.63) is 283 Å². The maximum atomic E-state index is 15.8. The normalized spacial score (nSPS) is 15.3. The second-order valence-electron chi connectivity index (χ2n) is 21.4. The number of hydrogen-bond acceptors (Lipinski definition) is 17. The lowest BCUT2D eigenvalue weighted by atomic mass is 9.78. The molecular formula is C74H42N6O10S. The number of carbonyl (C=O) groups is 6. The molecule has 17 heteroatoms. The number of nitrogens with zero attached hydrogens (tertiary/aromatic N) is 6. The van der Waals surface area contributed by atoms with Crippen molar-refractivity contribution in [3.8, 4) is 24.3 Å². The lowest BCUT2D eigenvalue weighted by Crippen LogP contribution is -2.46.